The monoisotopic (exact) mass is 456 g/mol. The Morgan fingerprint density at radius 1 is 1.40 bits per heavy atom. The van der Waals surface area contributed by atoms with Gasteiger partial charge in [-0.05, 0) is 36.1 Å². The van der Waals surface area contributed by atoms with Crippen molar-refractivity contribution in [1.29, 1.82) is 0 Å². The molecule has 3 heterocycles. The lowest BCUT2D eigenvalue weighted by atomic mass is 10.0. The smallest absolute Gasteiger partial charge is 0.410 e. The zero-order valence-electron chi connectivity index (χ0n) is 15.5. The molecule has 0 fully saturated rings. The third-order valence-electron chi connectivity index (χ3n) is 4.80. The lowest BCUT2D eigenvalue weighted by molar-refractivity contribution is -0.173. The highest BCUT2D eigenvalue weighted by atomic mass is 35.5. The number of hydrogen-bond donors (Lipinski definition) is 3. The molecule has 1 aliphatic rings. The predicted octanol–water partition coefficient (Wildman–Crippen LogP) is 5.52. The van der Waals surface area contributed by atoms with Crippen LogP contribution in [0, 0.1) is 6.92 Å². The second-order valence-corrected chi connectivity index (χ2v) is 8.29. The molecule has 6 nitrogen and oxygen atoms in total. The van der Waals surface area contributed by atoms with Crippen LogP contribution in [0.25, 0.3) is 0 Å². The fourth-order valence-corrected chi connectivity index (χ4v) is 4.40. The highest BCUT2D eigenvalue weighted by Gasteiger charge is 2.48. The van der Waals surface area contributed by atoms with Crippen LogP contribution >= 0.6 is 22.9 Å². The average molecular weight is 457 g/mol. The van der Waals surface area contributed by atoms with E-state index in [0.717, 1.165) is 15.1 Å². The molecule has 1 aliphatic heterocycles. The summed E-state index contributed by atoms with van der Waals surface area (Å²) in [6.07, 6.45) is -4.86. The van der Waals surface area contributed by atoms with Crippen LogP contribution in [0.4, 0.5) is 24.7 Å². The molecular weight excluding hydrogens is 441 g/mol. The molecule has 3 N–H and O–H groups in total. The topological polar surface area (TPSA) is 79.2 Å². The van der Waals surface area contributed by atoms with Crippen LogP contribution in [0.5, 0.6) is 5.75 Å². The fraction of sp³-hybridized carbons (Fsp3) is 0.263. The first kappa shape index (κ1) is 20.5. The Balaban J connectivity index is 1.71. The van der Waals surface area contributed by atoms with E-state index in [-0.39, 0.29) is 34.4 Å². The summed E-state index contributed by atoms with van der Waals surface area (Å²) >= 11 is 7.61. The van der Waals surface area contributed by atoms with Crippen LogP contribution in [-0.2, 0) is 0 Å². The quantitative estimate of drug-likeness (QED) is 0.453. The molecule has 1 aromatic carbocycles. The summed E-state index contributed by atoms with van der Waals surface area (Å²) in [4.78, 5) is 13.4. The first-order chi connectivity index (χ1) is 14.1. The van der Waals surface area contributed by atoms with Gasteiger partial charge in [0.05, 0.1) is 11.7 Å². The Kier molecular flexibility index (Phi) is 5.15. The summed E-state index contributed by atoms with van der Waals surface area (Å²) in [5, 5.41) is 20.8. The number of aryl methyl sites for hydroxylation is 1. The van der Waals surface area contributed by atoms with Crippen LogP contribution in [0.2, 0.25) is 5.02 Å². The van der Waals surface area contributed by atoms with E-state index >= 15 is 0 Å². The number of alkyl halides is 3. The first-order valence-electron chi connectivity index (χ1n) is 8.90. The number of nitrogens with zero attached hydrogens (tertiary/aromatic N) is 2. The zero-order valence-corrected chi connectivity index (χ0v) is 17.1. The van der Waals surface area contributed by atoms with Gasteiger partial charge in [-0.2, -0.15) is 18.3 Å². The molecule has 0 unspecified atom stereocenters. The van der Waals surface area contributed by atoms with Crippen molar-refractivity contribution in [3.63, 3.8) is 0 Å². The van der Waals surface area contributed by atoms with E-state index in [1.54, 1.807) is 30.5 Å². The molecule has 0 radical (unpaired) electrons. The van der Waals surface area contributed by atoms with E-state index in [9.17, 15) is 23.1 Å². The molecule has 0 saturated heterocycles. The van der Waals surface area contributed by atoms with E-state index < -0.39 is 24.2 Å². The number of aromatic nitrogens is 2. The number of amides is 1. The molecule has 4 rings (SSSR count). The summed E-state index contributed by atoms with van der Waals surface area (Å²) in [7, 11) is 0. The normalized spacial score (nSPS) is 18.6. The summed E-state index contributed by atoms with van der Waals surface area (Å²) < 4.78 is 42.0. The molecule has 2 atom stereocenters. The van der Waals surface area contributed by atoms with Crippen LogP contribution in [0.1, 0.15) is 39.4 Å². The minimum Gasteiger partial charge on any atom is -0.506 e. The van der Waals surface area contributed by atoms with Gasteiger partial charge < -0.3 is 15.7 Å². The van der Waals surface area contributed by atoms with Crippen molar-refractivity contribution in [2.45, 2.75) is 31.6 Å². The van der Waals surface area contributed by atoms with Crippen molar-refractivity contribution in [3.8, 4) is 5.75 Å². The van der Waals surface area contributed by atoms with Gasteiger partial charge in [-0.15, -0.1) is 11.3 Å². The predicted molar refractivity (Wildman–Crippen MR) is 108 cm³/mol. The van der Waals surface area contributed by atoms with E-state index in [2.05, 4.69) is 15.7 Å². The third-order valence-corrected chi connectivity index (χ3v) is 6.14. The molecule has 0 bridgehead atoms. The Morgan fingerprint density at radius 3 is 2.83 bits per heavy atom. The number of halogens is 4. The fourth-order valence-electron chi connectivity index (χ4n) is 3.34. The Labute approximate surface area is 178 Å². The zero-order chi connectivity index (χ0) is 21.6. The van der Waals surface area contributed by atoms with Crippen LogP contribution in [0.3, 0.4) is 0 Å². The number of fused-ring (bicyclic) bond motifs is 1. The van der Waals surface area contributed by atoms with E-state index in [4.69, 9.17) is 11.6 Å². The van der Waals surface area contributed by atoms with Gasteiger partial charge in [0.25, 0.3) is 5.91 Å². The Bertz CT molecular complexity index is 1100. The molecule has 0 saturated carbocycles. The van der Waals surface area contributed by atoms with Gasteiger partial charge in [0.1, 0.15) is 16.6 Å². The molecular formula is C19H16ClF3N4O2S. The highest BCUT2D eigenvalue weighted by Crippen LogP contribution is 2.47. The van der Waals surface area contributed by atoms with Gasteiger partial charge >= 0.3 is 6.18 Å². The number of thiophene rings is 1. The minimum atomic E-state index is -4.58. The maximum Gasteiger partial charge on any atom is 0.410 e. The maximum absolute atomic E-state index is 13.8. The van der Waals surface area contributed by atoms with Crippen molar-refractivity contribution < 1.29 is 23.1 Å². The van der Waals surface area contributed by atoms with Crippen molar-refractivity contribution >= 4 is 40.4 Å². The number of aromatic hydroxyl groups is 1. The molecule has 1 amide bonds. The molecule has 158 valence electrons. The van der Waals surface area contributed by atoms with Gasteiger partial charge in [0.15, 0.2) is 11.7 Å². The molecule has 0 aliphatic carbocycles. The number of nitrogens with one attached hydrogen (secondary N) is 2. The van der Waals surface area contributed by atoms with Crippen molar-refractivity contribution in [3.05, 3.63) is 56.9 Å². The van der Waals surface area contributed by atoms with Crippen molar-refractivity contribution in [2.24, 2.45) is 0 Å². The number of anilines is 2. The lowest BCUT2D eigenvalue weighted by Crippen LogP contribution is -2.35. The number of carbonyl (C=O) groups is 1. The van der Waals surface area contributed by atoms with Gasteiger partial charge in [0.2, 0.25) is 0 Å². The Morgan fingerprint density at radius 2 is 2.17 bits per heavy atom. The van der Waals surface area contributed by atoms with Gasteiger partial charge in [-0.3, -0.25) is 4.79 Å². The van der Waals surface area contributed by atoms with E-state index in [1.807, 2.05) is 0 Å². The van der Waals surface area contributed by atoms with Crippen molar-refractivity contribution in [2.75, 3.05) is 10.6 Å². The van der Waals surface area contributed by atoms with Gasteiger partial charge in [-0.1, -0.05) is 23.7 Å². The van der Waals surface area contributed by atoms with Crippen LogP contribution < -0.4 is 10.6 Å². The van der Waals surface area contributed by atoms with Crippen LogP contribution in [0.15, 0.2) is 35.7 Å². The second kappa shape index (κ2) is 7.51. The molecule has 0 spiro atoms. The summed E-state index contributed by atoms with van der Waals surface area (Å²) in [5.41, 5.74) is 0.524. The third kappa shape index (κ3) is 3.72. The summed E-state index contributed by atoms with van der Waals surface area (Å²) in [5.74, 6) is -1.07. The molecule has 3 aromatic rings. The first-order valence-corrected chi connectivity index (χ1v) is 10.2. The average Bonchev–Trinajstić information content (AvgIpc) is 3.32. The molecule has 11 heteroatoms. The van der Waals surface area contributed by atoms with E-state index in [1.165, 1.54) is 23.5 Å². The molecule has 2 aromatic heterocycles. The number of rotatable bonds is 3. The number of carbonyl (C=O) groups excluding carboxylic acids is 1. The number of benzene rings is 1. The van der Waals surface area contributed by atoms with Gasteiger partial charge in [0, 0.05) is 11.3 Å². The SMILES string of the molecule is Cc1ccc(O)c(NC(=O)c2nn3c(c2Cl)N[C@H](c2cccs2)C[C@H]3C(F)(F)F)c1. The Hall–Kier alpha value is -2.72. The van der Waals surface area contributed by atoms with Crippen molar-refractivity contribution in [1.82, 2.24) is 9.78 Å². The summed E-state index contributed by atoms with van der Waals surface area (Å²) in [6.45, 7) is 1.76. The maximum atomic E-state index is 13.8. The molecule has 30 heavy (non-hydrogen) atoms. The minimum absolute atomic E-state index is 0.0674. The van der Waals surface area contributed by atoms with Crippen LogP contribution in [-0.4, -0.2) is 27.0 Å². The summed E-state index contributed by atoms with van der Waals surface area (Å²) in [6, 6.07) is 5.52. The standard InChI is InChI=1S/C19H16ClF3N4O2S/c1-9-4-5-12(28)10(7-9)25-18(29)16-15(20)17-24-11(13-3-2-6-30-13)8-14(19(21,22)23)27(17)26-16/h2-7,11,14,24,28H,8H2,1H3,(H,25,29)/t11-,14-/m0/s1. The lowest BCUT2D eigenvalue weighted by Gasteiger charge is -2.32. The van der Waals surface area contributed by atoms with E-state index in [0.29, 0.717) is 0 Å². The number of phenols is 1. The highest BCUT2D eigenvalue weighted by molar-refractivity contribution is 7.10. The number of hydrogen-bond acceptors (Lipinski definition) is 5. The second-order valence-electron chi connectivity index (χ2n) is 6.94. The number of phenolic OH excluding ortho intramolecular Hbond substituents is 1. The largest absolute Gasteiger partial charge is 0.506 e. The van der Waals surface area contributed by atoms with Gasteiger partial charge in [-0.25, -0.2) is 4.68 Å².